The first-order valence-corrected chi connectivity index (χ1v) is 6.71. The van der Waals surface area contributed by atoms with E-state index in [2.05, 4.69) is 18.2 Å². The van der Waals surface area contributed by atoms with E-state index in [-0.39, 0.29) is 0 Å². The van der Waals surface area contributed by atoms with Crippen LogP contribution < -0.4 is 0 Å². The second kappa shape index (κ2) is 3.69. The second-order valence-electron chi connectivity index (χ2n) is 4.89. The molecule has 0 radical (unpaired) electrons. The number of nitrogens with zero attached hydrogens (tertiary/aromatic N) is 1. The van der Waals surface area contributed by atoms with Crippen molar-refractivity contribution in [1.29, 1.82) is 0 Å². The number of halogens is 1. The van der Waals surface area contributed by atoms with Crippen LogP contribution in [0.2, 0.25) is 5.02 Å². The Hall–Kier alpha value is -1.60. The van der Waals surface area contributed by atoms with Crippen LogP contribution in [0, 0.1) is 0 Å². The van der Waals surface area contributed by atoms with Crippen LogP contribution in [0.5, 0.6) is 0 Å². The van der Waals surface area contributed by atoms with Crippen LogP contribution >= 0.6 is 11.6 Å². The highest BCUT2D eigenvalue weighted by Gasteiger charge is 2.17. The first kappa shape index (κ1) is 10.3. The Morgan fingerprint density at radius 1 is 0.944 bits per heavy atom. The number of aromatic nitrogens is 1. The predicted octanol–water partition coefficient (Wildman–Crippen LogP) is 4.53. The fourth-order valence-corrected chi connectivity index (χ4v) is 3.38. The molecule has 0 spiro atoms. The van der Waals surface area contributed by atoms with Gasteiger partial charge in [0, 0.05) is 10.8 Å². The Morgan fingerprint density at radius 3 is 2.78 bits per heavy atom. The molecule has 1 aliphatic rings. The monoisotopic (exact) mass is 253 g/mol. The van der Waals surface area contributed by atoms with Gasteiger partial charge in [0.2, 0.25) is 0 Å². The van der Waals surface area contributed by atoms with Crippen molar-refractivity contribution in [1.82, 2.24) is 4.98 Å². The molecule has 0 bridgehead atoms. The molecule has 18 heavy (non-hydrogen) atoms. The second-order valence-corrected chi connectivity index (χ2v) is 5.27. The maximum atomic E-state index is 6.62. The number of rotatable bonds is 0. The largest absolute Gasteiger partial charge is 0.248 e. The van der Waals surface area contributed by atoms with Gasteiger partial charge >= 0.3 is 0 Å². The van der Waals surface area contributed by atoms with E-state index in [9.17, 15) is 0 Å². The number of hydrogen-bond acceptors (Lipinski definition) is 1. The van der Waals surface area contributed by atoms with Gasteiger partial charge in [0.25, 0.3) is 0 Å². The molecular weight excluding hydrogens is 242 g/mol. The fourth-order valence-electron chi connectivity index (χ4n) is 3.01. The number of pyridine rings is 1. The molecule has 88 valence electrons. The highest BCUT2D eigenvalue weighted by atomic mass is 35.5. The minimum Gasteiger partial charge on any atom is -0.248 e. The fraction of sp³-hybridized carbons (Fsp3) is 0.188. The molecule has 0 aliphatic heterocycles. The molecule has 0 saturated heterocycles. The van der Waals surface area contributed by atoms with Crippen molar-refractivity contribution in [2.45, 2.75) is 19.3 Å². The minimum atomic E-state index is 0.870. The summed E-state index contributed by atoms with van der Waals surface area (Å²) in [6.07, 6.45) is 3.54. The summed E-state index contributed by atoms with van der Waals surface area (Å²) < 4.78 is 0. The average molecular weight is 254 g/mol. The lowest BCUT2D eigenvalue weighted by molar-refractivity contribution is 0.913. The number of benzene rings is 2. The molecule has 1 heterocycles. The molecule has 0 saturated carbocycles. The Morgan fingerprint density at radius 2 is 1.83 bits per heavy atom. The number of para-hydroxylation sites is 1. The zero-order chi connectivity index (χ0) is 12.1. The van der Waals surface area contributed by atoms with Crippen molar-refractivity contribution >= 4 is 33.4 Å². The van der Waals surface area contributed by atoms with Gasteiger partial charge in [-0.1, -0.05) is 35.9 Å². The van der Waals surface area contributed by atoms with Crippen LogP contribution in [-0.4, -0.2) is 4.98 Å². The first-order chi connectivity index (χ1) is 8.84. The van der Waals surface area contributed by atoms with E-state index in [1.807, 2.05) is 18.2 Å². The molecule has 1 aromatic heterocycles. The van der Waals surface area contributed by atoms with E-state index in [4.69, 9.17) is 16.6 Å². The lowest BCUT2D eigenvalue weighted by atomic mass is 10.0. The van der Waals surface area contributed by atoms with Gasteiger partial charge in [0.05, 0.1) is 16.1 Å². The van der Waals surface area contributed by atoms with Gasteiger partial charge in [0.1, 0.15) is 0 Å². The van der Waals surface area contributed by atoms with Crippen LogP contribution in [0.25, 0.3) is 21.8 Å². The highest BCUT2D eigenvalue weighted by molar-refractivity contribution is 6.40. The van der Waals surface area contributed by atoms with Gasteiger partial charge in [-0.2, -0.15) is 0 Å². The van der Waals surface area contributed by atoms with Crippen LogP contribution in [0.3, 0.4) is 0 Å². The van der Waals surface area contributed by atoms with E-state index in [1.165, 1.54) is 29.4 Å². The van der Waals surface area contributed by atoms with Crippen LogP contribution in [0.4, 0.5) is 0 Å². The average Bonchev–Trinajstić information content (AvgIpc) is 2.87. The minimum absolute atomic E-state index is 0.870. The van der Waals surface area contributed by atoms with Crippen molar-refractivity contribution in [2.75, 3.05) is 0 Å². The number of fused-ring (bicyclic) bond motifs is 4. The van der Waals surface area contributed by atoms with Gasteiger partial charge in [-0.15, -0.1) is 0 Å². The Balaban J connectivity index is 2.24. The molecule has 2 heteroatoms. The lowest BCUT2D eigenvalue weighted by Crippen LogP contribution is -1.90. The summed E-state index contributed by atoms with van der Waals surface area (Å²) in [5, 5.41) is 3.10. The van der Waals surface area contributed by atoms with E-state index in [0.29, 0.717) is 0 Å². The SMILES string of the molecule is Clc1c2ccccc2nc2ccc3c(c12)CCC3. The zero-order valence-electron chi connectivity index (χ0n) is 9.91. The standard InChI is InChI=1S/C16H12ClN/c17-16-12-5-1-2-7-13(12)18-14-9-8-10-4-3-6-11(10)15(14)16/h1-2,5,7-9H,3-4,6H2. The maximum absolute atomic E-state index is 6.62. The lowest BCUT2D eigenvalue weighted by Gasteiger charge is -2.09. The van der Waals surface area contributed by atoms with Crippen LogP contribution in [0.1, 0.15) is 17.5 Å². The predicted molar refractivity (Wildman–Crippen MR) is 76.3 cm³/mol. The Bertz CT molecular complexity index is 777. The third-order valence-electron chi connectivity index (χ3n) is 3.86. The summed E-state index contributed by atoms with van der Waals surface area (Å²) in [6, 6.07) is 12.4. The van der Waals surface area contributed by atoms with Gasteiger partial charge in [-0.05, 0) is 42.5 Å². The third kappa shape index (κ3) is 1.31. The van der Waals surface area contributed by atoms with E-state index < -0.39 is 0 Å². The van der Waals surface area contributed by atoms with Crippen molar-refractivity contribution in [3.8, 4) is 0 Å². The summed E-state index contributed by atoms with van der Waals surface area (Å²) in [4.78, 5) is 4.73. The van der Waals surface area contributed by atoms with Gasteiger partial charge in [0.15, 0.2) is 0 Å². The summed E-state index contributed by atoms with van der Waals surface area (Å²) >= 11 is 6.62. The smallest absolute Gasteiger partial charge is 0.0727 e. The molecule has 1 aliphatic carbocycles. The highest BCUT2D eigenvalue weighted by Crippen LogP contribution is 2.37. The van der Waals surface area contributed by atoms with Gasteiger partial charge in [-0.25, -0.2) is 4.98 Å². The van der Waals surface area contributed by atoms with Crippen molar-refractivity contribution < 1.29 is 0 Å². The number of hydrogen-bond donors (Lipinski definition) is 0. The summed E-state index contributed by atoms with van der Waals surface area (Å²) in [6.45, 7) is 0. The quantitative estimate of drug-likeness (QED) is 0.537. The zero-order valence-corrected chi connectivity index (χ0v) is 10.7. The molecule has 1 nitrogen and oxygen atoms in total. The van der Waals surface area contributed by atoms with Gasteiger partial charge in [-0.3, -0.25) is 0 Å². The van der Waals surface area contributed by atoms with Crippen molar-refractivity contribution in [3.63, 3.8) is 0 Å². The van der Waals surface area contributed by atoms with Crippen molar-refractivity contribution in [3.05, 3.63) is 52.5 Å². The van der Waals surface area contributed by atoms with Gasteiger partial charge < -0.3 is 0 Å². The third-order valence-corrected chi connectivity index (χ3v) is 4.25. The Kier molecular flexibility index (Phi) is 2.12. The molecule has 0 atom stereocenters. The summed E-state index contributed by atoms with van der Waals surface area (Å²) in [5.74, 6) is 0. The van der Waals surface area contributed by atoms with E-state index in [0.717, 1.165) is 27.9 Å². The molecule has 0 unspecified atom stereocenters. The summed E-state index contributed by atoms with van der Waals surface area (Å²) in [7, 11) is 0. The van der Waals surface area contributed by atoms with Crippen LogP contribution in [0.15, 0.2) is 36.4 Å². The molecule has 2 aromatic carbocycles. The number of aryl methyl sites for hydroxylation is 2. The maximum Gasteiger partial charge on any atom is 0.0727 e. The molecule has 3 aromatic rings. The molecular formula is C16H12ClN. The molecule has 0 N–H and O–H groups in total. The topological polar surface area (TPSA) is 12.9 Å². The first-order valence-electron chi connectivity index (χ1n) is 6.33. The van der Waals surface area contributed by atoms with Crippen molar-refractivity contribution in [2.24, 2.45) is 0 Å². The Labute approximate surface area is 110 Å². The summed E-state index contributed by atoms with van der Waals surface area (Å²) in [5.41, 5.74) is 4.87. The molecule has 0 fully saturated rings. The molecule has 4 rings (SSSR count). The normalized spacial score (nSPS) is 14.3. The van der Waals surface area contributed by atoms with Crippen LogP contribution in [-0.2, 0) is 12.8 Å². The van der Waals surface area contributed by atoms with E-state index in [1.54, 1.807) is 0 Å². The van der Waals surface area contributed by atoms with E-state index >= 15 is 0 Å². The molecule has 0 amide bonds.